The van der Waals surface area contributed by atoms with Gasteiger partial charge in [0.25, 0.3) is 0 Å². The topological polar surface area (TPSA) is 38.3 Å². The molecule has 13 heavy (non-hydrogen) atoms. The van der Waals surface area contributed by atoms with Crippen LogP contribution in [0, 0.1) is 0 Å². The first-order valence-electron chi connectivity index (χ1n) is 3.80. The number of ether oxygens (including phenoxy) is 1. The third-order valence-corrected chi connectivity index (χ3v) is 1.66. The van der Waals surface area contributed by atoms with E-state index in [-0.39, 0.29) is 11.7 Å². The molecule has 4 heteroatoms. The zero-order valence-electron chi connectivity index (χ0n) is 7.33. The van der Waals surface area contributed by atoms with Crippen LogP contribution in [-0.4, -0.2) is 11.7 Å². The summed E-state index contributed by atoms with van der Waals surface area (Å²) in [6, 6.07) is 0. The minimum atomic E-state index is -0.148. The van der Waals surface area contributed by atoms with Gasteiger partial charge >= 0.3 is 0 Å². The summed E-state index contributed by atoms with van der Waals surface area (Å²) < 4.78 is 5.20. The number of carbonyl (C=O) groups excluding carboxylic acids is 1. The molecule has 1 rings (SSSR count). The van der Waals surface area contributed by atoms with E-state index in [1.54, 1.807) is 19.1 Å². The van der Waals surface area contributed by atoms with E-state index in [1.807, 2.05) is 0 Å². The van der Waals surface area contributed by atoms with E-state index < -0.39 is 0 Å². The van der Waals surface area contributed by atoms with Gasteiger partial charge in [-0.05, 0) is 19.1 Å². The third kappa shape index (κ3) is 2.66. The van der Waals surface area contributed by atoms with Crippen molar-refractivity contribution in [1.29, 1.82) is 0 Å². The molecule has 1 aliphatic carbocycles. The van der Waals surface area contributed by atoms with Gasteiger partial charge in [-0.1, -0.05) is 6.58 Å². The first-order valence-corrected chi connectivity index (χ1v) is 4.43. The Hall–Kier alpha value is -1.16. The Morgan fingerprint density at radius 2 is 2.38 bits per heavy atom. The normalized spacial score (nSPS) is 13.7. The molecule has 0 aliphatic heterocycles. The number of amides is 1. The van der Waals surface area contributed by atoms with E-state index in [9.17, 15) is 4.79 Å². The van der Waals surface area contributed by atoms with Crippen molar-refractivity contribution >= 4 is 18.5 Å². The number of hydrogen-bond acceptors (Lipinski definition) is 3. The van der Waals surface area contributed by atoms with Crippen molar-refractivity contribution in [3.63, 3.8) is 0 Å². The van der Waals surface area contributed by atoms with Gasteiger partial charge in [0.05, 0.1) is 17.2 Å². The summed E-state index contributed by atoms with van der Waals surface area (Å²) in [5.74, 6) is 1.25. The largest absolute Gasteiger partial charge is 0.460 e. The molecule has 1 aliphatic rings. The predicted octanol–water partition coefficient (Wildman–Crippen LogP) is 1.36. The smallest absolute Gasteiger partial charge is 0.234 e. The lowest BCUT2D eigenvalue weighted by atomic mass is 10.2. The zero-order chi connectivity index (χ0) is 9.84. The molecule has 3 nitrogen and oxygen atoms in total. The van der Waals surface area contributed by atoms with Crippen molar-refractivity contribution < 1.29 is 9.53 Å². The van der Waals surface area contributed by atoms with Gasteiger partial charge < -0.3 is 10.1 Å². The van der Waals surface area contributed by atoms with Crippen molar-refractivity contribution in [3.8, 4) is 0 Å². The molecule has 1 N–H and O–H groups in total. The van der Waals surface area contributed by atoms with Crippen LogP contribution in [0.1, 0.15) is 6.92 Å². The molecule has 0 unspecified atom stereocenters. The van der Waals surface area contributed by atoms with E-state index in [1.165, 1.54) is 0 Å². The lowest BCUT2D eigenvalue weighted by Crippen LogP contribution is -2.27. The minimum absolute atomic E-state index is 0.148. The van der Waals surface area contributed by atoms with E-state index in [0.717, 1.165) is 0 Å². The Kier molecular flexibility index (Phi) is 3.19. The maximum absolute atomic E-state index is 10.9. The Labute approximate surface area is 82.6 Å². The van der Waals surface area contributed by atoms with Crippen LogP contribution in [0.2, 0.25) is 0 Å². The summed E-state index contributed by atoms with van der Waals surface area (Å²) in [7, 11) is 0. The molecule has 0 saturated carbocycles. The molecule has 0 spiro atoms. The summed E-state index contributed by atoms with van der Waals surface area (Å²) in [6.45, 7) is 5.34. The molecule has 70 valence electrons. The number of hydrogen-bond donors (Lipinski definition) is 2. The molecular weight excluding hydrogens is 186 g/mol. The fourth-order valence-corrected chi connectivity index (χ4v) is 0.883. The summed E-state index contributed by atoms with van der Waals surface area (Å²) in [5.41, 5.74) is 0.682. The van der Waals surface area contributed by atoms with Gasteiger partial charge in [-0.25, -0.2) is 0 Å². The zero-order valence-corrected chi connectivity index (χ0v) is 8.23. The molecule has 0 bridgehead atoms. The van der Waals surface area contributed by atoms with Gasteiger partial charge in [-0.15, -0.1) is 0 Å². The van der Waals surface area contributed by atoms with Crippen LogP contribution >= 0.6 is 12.6 Å². The number of nitrogens with one attached hydrogen (secondary N) is 1. The fraction of sp³-hybridized carbons (Fsp3) is 0.222. The highest BCUT2D eigenvalue weighted by Crippen LogP contribution is 2.20. The molecule has 0 aromatic heterocycles. The van der Waals surface area contributed by atoms with Crippen molar-refractivity contribution in [1.82, 2.24) is 5.32 Å². The molecule has 0 aromatic carbocycles. The Balaban J connectivity index is 2.39. The first-order chi connectivity index (χ1) is 6.13. The molecule has 1 amide bonds. The van der Waals surface area contributed by atoms with Crippen molar-refractivity contribution in [3.05, 3.63) is 35.9 Å². The van der Waals surface area contributed by atoms with Gasteiger partial charge in [0.2, 0.25) is 5.91 Å². The average Bonchev–Trinajstić information content (AvgIpc) is 2.08. The van der Waals surface area contributed by atoms with Crippen molar-refractivity contribution in [2.45, 2.75) is 6.92 Å². The van der Waals surface area contributed by atoms with Crippen LogP contribution in [-0.2, 0) is 9.53 Å². The monoisotopic (exact) mass is 197 g/mol. The second-order valence-corrected chi connectivity index (χ2v) is 2.94. The van der Waals surface area contributed by atoms with Gasteiger partial charge in [0, 0.05) is 0 Å². The van der Waals surface area contributed by atoms with E-state index in [2.05, 4.69) is 24.5 Å². The standard InChI is InChI=1S/C9H11NO2S/c1-6(2)12-8-4-3-7(8)10-9(11)5-13/h3-4,13H,1,5H2,2H3,(H,10,11). The van der Waals surface area contributed by atoms with E-state index in [0.29, 0.717) is 17.2 Å². The molecule has 0 heterocycles. The van der Waals surface area contributed by atoms with Crippen LogP contribution in [0.3, 0.4) is 0 Å². The Bertz CT molecular complexity index is 305. The summed E-state index contributed by atoms with van der Waals surface area (Å²) >= 11 is 3.84. The predicted molar refractivity (Wildman–Crippen MR) is 54.1 cm³/mol. The lowest BCUT2D eigenvalue weighted by Gasteiger charge is -2.18. The van der Waals surface area contributed by atoms with Crippen molar-refractivity contribution in [2.24, 2.45) is 0 Å². The molecule has 0 fully saturated rings. The summed E-state index contributed by atoms with van der Waals surface area (Å²) in [6.07, 6.45) is 3.53. The quantitative estimate of drug-likeness (QED) is 0.527. The molecule has 0 radical (unpaired) electrons. The number of rotatable bonds is 4. The highest BCUT2D eigenvalue weighted by Gasteiger charge is 2.15. The van der Waals surface area contributed by atoms with Gasteiger partial charge in [0.1, 0.15) is 5.76 Å². The lowest BCUT2D eigenvalue weighted by molar-refractivity contribution is -0.117. The Morgan fingerprint density at radius 3 is 2.77 bits per heavy atom. The van der Waals surface area contributed by atoms with Gasteiger partial charge in [-0.3, -0.25) is 4.79 Å². The minimum Gasteiger partial charge on any atom is -0.460 e. The maximum Gasteiger partial charge on any atom is 0.234 e. The van der Waals surface area contributed by atoms with Crippen LogP contribution in [0.25, 0.3) is 0 Å². The summed E-state index contributed by atoms with van der Waals surface area (Å²) in [4.78, 5) is 10.9. The van der Waals surface area contributed by atoms with Crippen molar-refractivity contribution in [2.75, 3.05) is 5.75 Å². The number of carbonyl (C=O) groups is 1. The Morgan fingerprint density at radius 1 is 1.69 bits per heavy atom. The van der Waals surface area contributed by atoms with E-state index in [4.69, 9.17) is 4.74 Å². The molecule has 0 aromatic rings. The average molecular weight is 197 g/mol. The van der Waals surface area contributed by atoms with E-state index >= 15 is 0 Å². The second-order valence-electron chi connectivity index (χ2n) is 2.62. The van der Waals surface area contributed by atoms with Crippen LogP contribution in [0.4, 0.5) is 0 Å². The van der Waals surface area contributed by atoms with Crippen LogP contribution in [0.15, 0.2) is 35.9 Å². The highest BCUT2D eigenvalue weighted by molar-refractivity contribution is 7.81. The second kappa shape index (κ2) is 4.18. The highest BCUT2D eigenvalue weighted by atomic mass is 32.1. The summed E-state index contributed by atoms with van der Waals surface area (Å²) in [5, 5.41) is 2.63. The van der Waals surface area contributed by atoms with Crippen LogP contribution < -0.4 is 5.32 Å². The number of thiol groups is 1. The first kappa shape index (κ1) is 9.92. The van der Waals surface area contributed by atoms with Crippen LogP contribution in [0.5, 0.6) is 0 Å². The fourth-order valence-electron chi connectivity index (χ4n) is 0.804. The SMILES string of the molecule is C=C(C)OC1=CC=C1NC(=O)CS. The van der Waals surface area contributed by atoms with Gasteiger partial charge in [0.15, 0.2) is 0 Å². The molecular formula is C9H11NO2S. The third-order valence-electron chi connectivity index (χ3n) is 1.37. The maximum atomic E-state index is 10.9. The molecule has 0 atom stereocenters. The molecule has 0 saturated heterocycles. The number of allylic oxidation sites excluding steroid dienone is 3. The van der Waals surface area contributed by atoms with Gasteiger partial charge in [-0.2, -0.15) is 12.6 Å².